The van der Waals surface area contributed by atoms with Gasteiger partial charge in [0, 0.05) is 13.2 Å². The van der Waals surface area contributed by atoms with Gasteiger partial charge in [-0.1, -0.05) is 0 Å². The van der Waals surface area contributed by atoms with Crippen LogP contribution in [-0.2, 0) is 23.1 Å². The summed E-state index contributed by atoms with van der Waals surface area (Å²) in [5, 5.41) is 9.29. The number of fused-ring (bicyclic) bond motifs is 1. The molecule has 1 atom stereocenters. The van der Waals surface area contributed by atoms with Crippen molar-refractivity contribution >= 4 is 20.9 Å². The first-order valence-electron chi connectivity index (χ1n) is 7.77. The van der Waals surface area contributed by atoms with Crippen LogP contribution in [-0.4, -0.2) is 28.7 Å². The molecule has 1 unspecified atom stereocenters. The van der Waals surface area contributed by atoms with E-state index in [2.05, 4.69) is 9.97 Å². The fourth-order valence-electron chi connectivity index (χ4n) is 2.78. The molecule has 0 saturated carbocycles. The molecule has 10 heteroatoms. The van der Waals surface area contributed by atoms with Crippen LogP contribution in [0.3, 0.4) is 0 Å². The third-order valence-electron chi connectivity index (χ3n) is 4.13. The van der Waals surface area contributed by atoms with Crippen LogP contribution >= 0.6 is 0 Å². The first-order valence-corrected chi connectivity index (χ1v) is 9.46. The number of imidazole rings is 1. The minimum atomic E-state index is -4.63. The molecule has 3 aromatic rings. The van der Waals surface area contributed by atoms with Gasteiger partial charge in [0.2, 0.25) is 0 Å². The number of alkyl halides is 3. The average Bonchev–Trinajstić information content (AvgIpc) is 2.97. The zero-order chi connectivity index (χ0) is 20.0. The molecular formula is C17H14F3N4O2S+. The van der Waals surface area contributed by atoms with E-state index in [-0.39, 0.29) is 38.8 Å². The molecule has 0 radical (unpaired) electrons. The van der Waals surface area contributed by atoms with Crippen LogP contribution in [0, 0.1) is 11.3 Å². The van der Waals surface area contributed by atoms with Crippen molar-refractivity contribution in [2.24, 2.45) is 7.05 Å². The molecule has 27 heavy (non-hydrogen) atoms. The smallest absolute Gasteiger partial charge is 0.325 e. The molecule has 140 valence electrons. The van der Waals surface area contributed by atoms with E-state index in [0.29, 0.717) is 0 Å². The van der Waals surface area contributed by atoms with Gasteiger partial charge >= 0.3 is 16.0 Å². The van der Waals surface area contributed by atoms with Crippen LogP contribution in [0.15, 0.2) is 35.4 Å². The predicted octanol–water partition coefficient (Wildman–Crippen LogP) is 3.48. The molecule has 1 N–H and O–H groups in total. The van der Waals surface area contributed by atoms with Gasteiger partial charge in [-0.25, -0.2) is 9.19 Å². The molecule has 0 aliphatic heterocycles. The maximum absolute atomic E-state index is 13.1. The predicted molar refractivity (Wildman–Crippen MR) is 92.5 cm³/mol. The summed E-state index contributed by atoms with van der Waals surface area (Å²) in [5.41, 5.74) is -0.951. The first-order chi connectivity index (χ1) is 12.6. The van der Waals surface area contributed by atoms with Crippen LogP contribution in [0.4, 0.5) is 13.2 Å². The molecule has 0 aliphatic rings. The Morgan fingerprint density at radius 1 is 1.37 bits per heavy atom. The normalized spacial score (nSPS) is 14.1. The lowest BCUT2D eigenvalue weighted by Gasteiger charge is -2.08. The third-order valence-corrected chi connectivity index (χ3v) is 5.93. The lowest BCUT2D eigenvalue weighted by molar-refractivity contribution is -0.137. The SMILES string of the molecule is CCS(=O)(=[OH+])c1cccnc1-c1nc2cc(C(F)(F)F)cc(C#N)c2n1C. The topological polar surface area (TPSA) is 93.0 Å². The summed E-state index contributed by atoms with van der Waals surface area (Å²) in [7, 11) is -1.87. The second kappa shape index (κ2) is 6.35. The van der Waals surface area contributed by atoms with Crippen LogP contribution < -0.4 is 0 Å². The molecule has 0 amide bonds. The summed E-state index contributed by atoms with van der Waals surface area (Å²) in [6, 6.07) is 6.29. The van der Waals surface area contributed by atoms with Crippen LogP contribution in [0.25, 0.3) is 22.6 Å². The van der Waals surface area contributed by atoms with Gasteiger partial charge in [-0.15, -0.1) is 0 Å². The molecule has 2 aromatic heterocycles. The molecule has 0 fully saturated rings. The van der Waals surface area contributed by atoms with Crippen molar-refractivity contribution in [3.8, 4) is 17.6 Å². The van der Waals surface area contributed by atoms with E-state index in [1.54, 1.807) is 6.07 Å². The number of nitrogens with zero attached hydrogens (tertiary/aromatic N) is 4. The van der Waals surface area contributed by atoms with E-state index >= 15 is 0 Å². The van der Waals surface area contributed by atoms with E-state index in [1.165, 1.54) is 36.9 Å². The number of hydrogen-bond donors (Lipinski definition) is 0. The van der Waals surface area contributed by atoms with Crippen LogP contribution in [0.2, 0.25) is 0 Å². The Bertz CT molecular complexity index is 1190. The molecule has 1 aromatic carbocycles. The zero-order valence-electron chi connectivity index (χ0n) is 14.3. The van der Waals surface area contributed by atoms with E-state index in [9.17, 15) is 26.9 Å². The van der Waals surface area contributed by atoms with Gasteiger partial charge in [-0.05, 0) is 31.2 Å². The lowest BCUT2D eigenvalue weighted by Crippen LogP contribution is -2.08. The highest BCUT2D eigenvalue weighted by Crippen LogP contribution is 2.35. The van der Waals surface area contributed by atoms with Crippen molar-refractivity contribution < 1.29 is 21.6 Å². The number of pyridine rings is 1. The number of nitriles is 1. The highest BCUT2D eigenvalue weighted by atomic mass is 32.2. The Morgan fingerprint density at radius 3 is 2.67 bits per heavy atom. The summed E-state index contributed by atoms with van der Waals surface area (Å²) in [4.78, 5) is 8.35. The Balaban J connectivity index is 2.37. The van der Waals surface area contributed by atoms with E-state index < -0.39 is 21.6 Å². The summed E-state index contributed by atoms with van der Waals surface area (Å²) < 4.78 is 63.4. The second-order valence-electron chi connectivity index (χ2n) is 5.77. The Labute approximate surface area is 152 Å². The molecular weight excluding hydrogens is 381 g/mol. The minimum Gasteiger partial charge on any atom is -0.325 e. The van der Waals surface area contributed by atoms with E-state index in [0.717, 1.165) is 12.1 Å². The molecule has 3 rings (SSSR count). The number of aryl methyl sites for hydroxylation is 1. The van der Waals surface area contributed by atoms with Gasteiger partial charge in [0.05, 0.1) is 27.9 Å². The summed E-state index contributed by atoms with van der Waals surface area (Å²) >= 11 is 0. The maximum Gasteiger partial charge on any atom is 0.416 e. The second-order valence-corrected chi connectivity index (χ2v) is 8.07. The van der Waals surface area contributed by atoms with Crippen molar-refractivity contribution in [1.82, 2.24) is 14.5 Å². The Morgan fingerprint density at radius 2 is 2.07 bits per heavy atom. The van der Waals surface area contributed by atoms with Gasteiger partial charge in [0.15, 0.2) is 5.82 Å². The fourth-order valence-corrected chi connectivity index (χ4v) is 3.83. The number of benzene rings is 1. The summed E-state index contributed by atoms with van der Waals surface area (Å²) in [6.45, 7) is 1.54. The third kappa shape index (κ3) is 3.14. The summed E-state index contributed by atoms with van der Waals surface area (Å²) in [6.07, 6.45) is -3.23. The van der Waals surface area contributed by atoms with Crippen molar-refractivity contribution in [3.05, 3.63) is 41.6 Å². The Hall–Kier alpha value is -2.93. The zero-order valence-corrected chi connectivity index (χ0v) is 15.1. The number of halogens is 3. The molecule has 0 saturated heterocycles. The standard InChI is InChI=1S/C17H13F3N4O2S/c1-3-27(25,26)13-5-4-6-22-14(13)16-23-12-8-11(17(18,19)20)7-10(9-21)15(12)24(16)2/h4-8H,3H2,1-2H3/p+1. The van der Waals surface area contributed by atoms with E-state index in [1.807, 2.05) is 0 Å². The largest absolute Gasteiger partial charge is 0.416 e. The maximum atomic E-state index is 13.1. The van der Waals surface area contributed by atoms with Crippen molar-refractivity contribution in [3.63, 3.8) is 0 Å². The van der Waals surface area contributed by atoms with Crippen LogP contribution in [0.1, 0.15) is 18.1 Å². The lowest BCUT2D eigenvalue weighted by atomic mass is 10.1. The average molecular weight is 395 g/mol. The first kappa shape index (κ1) is 18.8. The van der Waals surface area contributed by atoms with Gasteiger partial charge < -0.3 is 4.57 Å². The highest BCUT2D eigenvalue weighted by Gasteiger charge is 2.33. The van der Waals surface area contributed by atoms with Gasteiger partial charge in [-0.3, -0.25) is 4.98 Å². The van der Waals surface area contributed by atoms with Crippen molar-refractivity contribution in [2.75, 3.05) is 5.75 Å². The Kier molecular flexibility index (Phi) is 4.43. The van der Waals surface area contributed by atoms with Crippen molar-refractivity contribution in [1.29, 1.82) is 5.26 Å². The van der Waals surface area contributed by atoms with Gasteiger partial charge in [-0.2, -0.15) is 22.6 Å². The van der Waals surface area contributed by atoms with Crippen LogP contribution in [0.5, 0.6) is 0 Å². The quantitative estimate of drug-likeness (QED) is 0.635. The molecule has 0 spiro atoms. The molecule has 0 bridgehead atoms. The van der Waals surface area contributed by atoms with E-state index in [4.69, 9.17) is 0 Å². The van der Waals surface area contributed by atoms with Gasteiger partial charge in [0.25, 0.3) is 0 Å². The monoisotopic (exact) mass is 395 g/mol. The summed E-state index contributed by atoms with van der Waals surface area (Å²) in [5.74, 6) is 0.0451. The number of hydrogen-bond acceptors (Lipinski definition) is 4. The van der Waals surface area contributed by atoms with Gasteiger partial charge in [0.1, 0.15) is 16.7 Å². The highest BCUT2D eigenvalue weighted by molar-refractivity contribution is 7.91. The minimum absolute atomic E-state index is 0.0421. The molecule has 2 heterocycles. The van der Waals surface area contributed by atoms with Crippen molar-refractivity contribution in [2.45, 2.75) is 18.0 Å². The molecule has 0 aliphatic carbocycles. The fraction of sp³-hybridized carbons (Fsp3) is 0.235. The number of rotatable bonds is 3. The molecule has 6 nitrogen and oxygen atoms in total. The number of aromatic nitrogens is 3.